The quantitative estimate of drug-likeness (QED) is 0.511. The zero-order valence-corrected chi connectivity index (χ0v) is 3.83. The van der Waals surface area contributed by atoms with E-state index in [1.165, 1.54) is 0 Å². The van der Waals surface area contributed by atoms with Crippen LogP contribution in [0.25, 0.3) is 0 Å². The number of hydrazine groups is 1. The molecule has 1 aliphatic rings. The van der Waals surface area contributed by atoms with Gasteiger partial charge >= 0.3 is 0 Å². The summed E-state index contributed by atoms with van der Waals surface area (Å²) in [5, 5.41) is 8.74. The molecule has 0 spiro atoms. The number of hydrogen-bond acceptors (Lipinski definition) is 4. The van der Waals surface area contributed by atoms with E-state index in [2.05, 4.69) is 22.5 Å². The first-order valence-electron chi connectivity index (χ1n) is 1.95. The predicted octanol–water partition coefficient (Wildman–Crippen LogP) is 0.275. The van der Waals surface area contributed by atoms with E-state index in [0.29, 0.717) is 6.67 Å². The molecule has 0 saturated heterocycles. The van der Waals surface area contributed by atoms with Crippen LogP contribution in [0, 0.1) is 0 Å². The second-order valence-corrected chi connectivity index (χ2v) is 1.14. The summed E-state index contributed by atoms with van der Waals surface area (Å²) in [6.07, 6.45) is 1.62. The van der Waals surface area contributed by atoms with Crippen molar-refractivity contribution in [3.8, 4) is 0 Å². The molecule has 0 aliphatic carbocycles. The summed E-state index contributed by atoms with van der Waals surface area (Å²) in [5.41, 5.74) is 2.58. The van der Waals surface area contributed by atoms with Crippen LogP contribution in [-0.4, -0.2) is 11.7 Å². The molecule has 4 heteroatoms. The van der Waals surface area contributed by atoms with Crippen LogP contribution in [0.1, 0.15) is 0 Å². The first kappa shape index (κ1) is 4.11. The maximum Gasteiger partial charge on any atom is 0.153 e. The lowest BCUT2D eigenvalue weighted by Crippen LogP contribution is -2.22. The van der Waals surface area contributed by atoms with Gasteiger partial charge < -0.3 is 0 Å². The first-order chi connectivity index (χ1) is 3.43. The van der Waals surface area contributed by atoms with Crippen molar-refractivity contribution >= 4 is 0 Å². The molecule has 1 N–H and O–H groups in total. The van der Waals surface area contributed by atoms with Gasteiger partial charge in [-0.05, 0) is 0 Å². The Kier molecular flexibility index (Phi) is 0.934. The molecule has 0 unspecified atom stereocenters. The monoisotopic (exact) mass is 98.1 g/mol. The highest BCUT2D eigenvalue weighted by Crippen LogP contribution is 1.89. The molecule has 0 aromatic rings. The van der Waals surface area contributed by atoms with Crippen LogP contribution in [0.2, 0.25) is 0 Å². The van der Waals surface area contributed by atoms with E-state index in [4.69, 9.17) is 0 Å². The van der Waals surface area contributed by atoms with Crippen LogP contribution in [0.5, 0.6) is 0 Å². The summed E-state index contributed by atoms with van der Waals surface area (Å²) in [7, 11) is 0. The van der Waals surface area contributed by atoms with Crippen LogP contribution in [0.4, 0.5) is 0 Å². The molecule has 0 fully saturated rings. The first-order valence-corrected chi connectivity index (χ1v) is 1.95. The Morgan fingerprint density at radius 2 is 2.71 bits per heavy atom. The fourth-order valence-corrected chi connectivity index (χ4v) is 0.319. The van der Waals surface area contributed by atoms with Crippen LogP contribution in [-0.2, 0) is 0 Å². The van der Waals surface area contributed by atoms with Crippen molar-refractivity contribution in [2.24, 2.45) is 10.3 Å². The van der Waals surface area contributed by atoms with E-state index in [1.54, 1.807) is 11.2 Å². The number of rotatable bonds is 1. The van der Waals surface area contributed by atoms with Gasteiger partial charge in [-0.3, -0.25) is 5.01 Å². The summed E-state index contributed by atoms with van der Waals surface area (Å²) >= 11 is 0. The molecule has 1 aliphatic heterocycles. The third kappa shape index (κ3) is 0.677. The second kappa shape index (κ2) is 1.59. The molecule has 38 valence electrons. The lowest BCUT2D eigenvalue weighted by molar-refractivity contribution is 0.338. The number of nitrogens with one attached hydrogen (secondary N) is 1. The summed E-state index contributed by atoms with van der Waals surface area (Å²) < 4.78 is 0. The molecule has 1 heterocycles. The molecular weight excluding hydrogens is 92.1 g/mol. The van der Waals surface area contributed by atoms with Crippen molar-refractivity contribution in [1.82, 2.24) is 10.5 Å². The minimum absolute atomic E-state index is 0.573. The number of nitrogens with zero attached hydrogens (tertiary/aromatic N) is 3. The van der Waals surface area contributed by atoms with Crippen LogP contribution >= 0.6 is 0 Å². The zero-order chi connectivity index (χ0) is 5.11. The molecule has 0 aromatic carbocycles. The van der Waals surface area contributed by atoms with Crippen LogP contribution in [0.3, 0.4) is 0 Å². The van der Waals surface area contributed by atoms with Gasteiger partial charge in [-0.15, -0.1) is 5.11 Å². The van der Waals surface area contributed by atoms with E-state index >= 15 is 0 Å². The van der Waals surface area contributed by atoms with Crippen molar-refractivity contribution in [2.75, 3.05) is 6.67 Å². The van der Waals surface area contributed by atoms with E-state index < -0.39 is 0 Å². The van der Waals surface area contributed by atoms with E-state index in [1.807, 2.05) is 0 Å². The minimum atomic E-state index is 0.573. The highest BCUT2D eigenvalue weighted by atomic mass is 15.8. The third-order valence-electron chi connectivity index (χ3n) is 0.680. The summed E-state index contributed by atoms with van der Waals surface area (Å²) in [6.45, 7) is 4.06. The molecular formula is C3H6N4. The van der Waals surface area contributed by atoms with Crippen molar-refractivity contribution in [3.63, 3.8) is 0 Å². The Morgan fingerprint density at radius 1 is 1.86 bits per heavy atom. The molecule has 0 saturated carbocycles. The largest absolute Gasteiger partial charge is 0.255 e. The second-order valence-electron chi connectivity index (χ2n) is 1.14. The van der Waals surface area contributed by atoms with Crippen molar-refractivity contribution in [3.05, 3.63) is 12.8 Å². The van der Waals surface area contributed by atoms with E-state index in [-0.39, 0.29) is 0 Å². The Bertz CT molecular complexity index is 89.1. The van der Waals surface area contributed by atoms with Gasteiger partial charge in [-0.2, -0.15) is 5.53 Å². The van der Waals surface area contributed by atoms with Crippen molar-refractivity contribution in [1.29, 1.82) is 0 Å². The minimum Gasteiger partial charge on any atom is -0.255 e. The SMILES string of the molecule is C=CN1CN=NN1. The van der Waals surface area contributed by atoms with Crippen molar-refractivity contribution < 1.29 is 0 Å². The summed E-state index contributed by atoms with van der Waals surface area (Å²) in [4.78, 5) is 0. The van der Waals surface area contributed by atoms with Gasteiger partial charge in [-0.25, -0.2) is 0 Å². The van der Waals surface area contributed by atoms with Crippen LogP contribution in [0.15, 0.2) is 23.1 Å². The molecule has 7 heavy (non-hydrogen) atoms. The average molecular weight is 98.1 g/mol. The molecule has 0 radical (unpaired) electrons. The van der Waals surface area contributed by atoms with E-state index in [9.17, 15) is 0 Å². The molecule has 0 amide bonds. The molecule has 1 rings (SSSR count). The standard InChI is InChI=1S/C3H6N4/c1-2-7-3-4-5-6-7/h2H,1,3H2,(H,4,6). The fourth-order valence-electron chi connectivity index (χ4n) is 0.319. The lowest BCUT2D eigenvalue weighted by atomic mass is 10.9. The Labute approximate surface area is 41.5 Å². The van der Waals surface area contributed by atoms with Crippen molar-refractivity contribution in [2.45, 2.75) is 0 Å². The lowest BCUT2D eigenvalue weighted by Gasteiger charge is -2.04. The fraction of sp³-hybridized carbons (Fsp3) is 0.333. The summed E-state index contributed by atoms with van der Waals surface area (Å²) in [6, 6.07) is 0. The molecule has 0 bridgehead atoms. The van der Waals surface area contributed by atoms with Crippen LogP contribution < -0.4 is 5.53 Å². The Morgan fingerprint density at radius 3 is 3.00 bits per heavy atom. The third-order valence-corrected chi connectivity index (χ3v) is 0.680. The van der Waals surface area contributed by atoms with Gasteiger partial charge in [0.15, 0.2) is 6.67 Å². The maximum atomic E-state index is 3.60. The topological polar surface area (TPSA) is 40.0 Å². The maximum absolute atomic E-state index is 3.60. The summed E-state index contributed by atoms with van der Waals surface area (Å²) in [5.74, 6) is 0. The highest BCUT2D eigenvalue weighted by Gasteiger charge is 1.96. The Hall–Kier alpha value is -1.06. The average Bonchev–Trinajstić information content (AvgIpc) is 2.14. The highest BCUT2D eigenvalue weighted by molar-refractivity contribution is 4.65. The predicted molar refractivity (Wildman–Crippen MR) is 24.9 cm³/mol. The van der Waals surface area contributed by atoms with Gasteiger partial charge in [0, 0.05) is 6.20 Å². The normalized spacial score (nSPS) is 16.9. The van der Waals surface area contributed by atoms with Gasteiger partial charge in [0.2, 0.25) is 0 Å². The molecule has 4 nitrogen and oxygen atoms in total. The molecule has 0 aromatic heterocycles. The van der Waals surface area contributed by atoms with Gasteiger partial charge in [0.25, 0.3) is 0 Å². The number of hydrogen-bond donors (Lipinski definition) is 1. The smallest absolute Gasteiger partial charge is 0.153 e. The van der Waals surface area contributed by atoms with Gasteiger partial charge in [0.1, 0.15) is 0 Å². The van der Waals surface area contributed by atoms with Gasteiger partial charge in [-0.1, -0.05) is 11.8 Å². The zero-order valence-electron chi connectivity index (χ0n) is 3.83. The van der Waals surface area contributed by atoms with Gasteiger partial charge in [0.05, 0.1) is 0 Å². The Balaban J connectivity index is 2.35. The van der Waals surface area contributed by atoms with E-state index in [0.717, 1.165) is 0 Å². The molecule has 0 atom stereocenters.